The molecule has 1 aliphatic rings. The molecule has 0 aromatic carbocycles. The van der Waals surface area contributed by atoms with E-state index in [2.05, 4.69) is 0 Å². The molecule has 0 fully saturated rings. The third-order valence-corrected chi connectivity index (χ3v) is 2.70. The molecule has 3 heteroatoms. The summed E-state index contributed by atoms with van der Waals surface area (Å²) in [6.07, 6.45) is 5.58. The molecule has 0 saturated heterocycles. The maximum Gasteiger partial charge on any atom is 0.197 e. The molecular formula is C9H10ClNO. The summed E-state index contributed by atoms with van der Waals surface area (Å²) < 4.78 is 0.945. The summed E-state index contributed by atoms with van der Waals surface area (Å²) in [6, 6.07) is 1.68. The highest BCUT2D eigenvalue weighted by molar-refractivity contribution is 6.31. The minimum Gasteiger partial charge on any atom is -0.618 e. The van der Waals surface area contributed by atoms with Gasteiger partial charge in [-0.2, -0.15) is 4.73 Å². The molecule has 0 aliphatic heterocycles. The maximum absolute atomic E-state index is 11.3. The fourth-order valence-corrected chi connectivity index (χ4v) is 1.97. The van der Waals surface area contributed by atoms with Gasteiger partial charge < -0.3 is 5.21 Å². The van der Waals surface area contributed by atoms with Crippen LogP contribution in [0.4, 0.5) is 0 Å². The molecule has 0 saturated carbocycles. The fraction of sp³-hybridized carbons (Fsp3) is 0.444. The van der Waals surface area contributed by atoms with Crippen LogP contribution >= 0.6 is 11.6 Å². The third-order valence-electron chi connectivity index (χ3n) is 2.35. The zero-order valence-corrected chi connectivity index (χ0v) is 7.47. The van der Waals surface area contributed by atoms with E-state index < -0.39 is 0 Å². The Morgan fingerprint density at radius 1 is 1.33 bits per heavy atom. The van der Waals surface area contributed by atoms with Crippen LogP contribution in [-0.4, -0.2) is 0 Å². The maximum atomic E-state index is 11.3. The Hall–Kier alpha value is -0.760. The van der Waals surface area contributed by atoms with Crippen molar-refractivity contribution in [2.45, 2.75) is 25.7 Å². The highest BCUT2D eigenvalue weighted by Gasteiger charge is 2.19. The predicted molar refractivity (Wildman–Crippen MR) is 47.1 cm³/mol. The normalized spacial score (nSPS) is 15.8. The number of nitrogens with zero attached hydrogens (tertiary/aromatic N) is 1. The Morgan fingerprint density at radius 2 is 2.08 bits per heavy atom. The van der Waals surface area contributed by atoms with Gasteiger partial charge in [0, 0.05) is 18.1 Å². The van der Waals surface area contributed by atoms with Crippen molar-refractivity contribution in [3.63, 3.8) is 0 Å². The van der Waals surface area contributed by atoms with Gasteiger partial charge in [-0.25, -0.2) is 0 Å². The van der Waals surface area contributed by atoms with Crippen molar-refractivity contribution in [1.29, 1.82) is 0 Å². The molecule has 1 aromatic heterocycles. The van der Waals surface area contributed by atoms with Gasteiger partial charge in [0.2, 0.25) is 0 Å². The van der Waals surface area contributed by atoms with Crippen LogP contribution in [0.15, 0.2) is 12.3 Å². The number of halogens is 1. The number of pyridine rings is 1. The SMILES string of the molecule is [O-][n+]1ccc(Cl)c2c1CCCC2. The van der Waals surface area contributed by atoms with Crippen LogP contribution in [0.3, 0.4) is 0 Å². The van der Waals surface area contributed by atoms with Crippen molar-refractivity contribution >= 4 is 11.6 Å². The Balaban J connectivity index is 2.57. The first-order chi connectivity index (χ1) is 5.79. The largest absolute Gasteiger partial charge is 0.618 e. The van der Waals surface area contributed by atoms with E-state index in [9.17, 15) is 5.21 Å². The van der Waals surface area contributed by atoms with Crippen LogP contribution in [0, 0.1) is 5.21 Å². The second kappa shape index (κ2) is 2.94. The smallest absolute Gasteiger partial charge is 0.197 e. The molecule has 0 N–H and O–H groups in total. The molecule has 64 valence electrons. The average molecular weight is 184 g/mol. The van der Waals surface area contributed by atoms with Crippen LogP contribution in [-0.2, 0) is 12.8 Å². The number of aromatic nitrogens is 1. The zero-order valence-electron chi connectivity index (χ0n) is 6.72. The van der Waals surface area contributed by atoms with Gasteiger partial charge in [-0.05, 0) is 19.3 Å². The lowest BCUT2D eigenvalue weighted by atomic mass is 9.96. The molecule has 0 spiro atoms. The summed E-state index contributed by atoms with van der Waals surface area (Å²) in [5.74, 6) is 0. The molecule has 2 nitrogen and oxygen atoms in total. The molecule has 0 radical (unpaired) electrons. The Morgan fingerprint density at radius 3 is 2.83 bits per heavy atom. The minimum absolute atomic E-state index is 0.747. The van der Waals surface area contributed by atoms with Crippen molar-refractivity contribution in [3.05, 3.63) is 33.8 Å². The molecule has 0 unspecified atom stereocenters. The van der Waals surface area contributed by atoms with Crippen molar-refractivity contribution in [1.82, 2.24) is 0 Å². The van der Waals surface area contributed by atoms with E-state index in [0.717, 1.165) is 46.7 Å². The van der Waals surface area contributed by atoms with E-state index in [-0.39, 0.29) is 0 Å². The zero-order chi connectivity index (χ0) is 8.55. The van der Waals surface area contributed by atoms with Gasteiger partial charge in [0.25, 0.3) is 0 Å². The number of hydrogen-bond donors (Lipinski definition) is 0. The molecule has 1 heterocycles. The topological polar surface area (TPSA) is 26.9 Å². The van der Waals surface area contributed by atoms with E-state index in [1.807, 2.05) is 0 Å². The summed E-state index contributed by atoms with van der Waals surface area (Å²) in [5, 5.41) is 12.0. The molecule has 0 amide bonds. The lowest BCUT2D eigenvalue weighted by Crippen LogP contribution is -2.34. The molecule has 0 bridgehead atoms. The first-order valence-corrected chi connectivity index (χ1v) is 4.56. The standard InChI is InChI=1S/C9H10ClNO/c10-8-5-6-11(12)9-4-2-1-3-7(8)9/h5-6H,1-4H2. The highest BCUT2D eigenvalue weighted by Crippen LogP contribution is 2.24. The molecule has 2 rings (SSSR count). The molecule has 1 aliphatic carbocycles. The van der Waals surface area contributed by atoms with Gasteiger partial charge in [-0.3, -0.25) is 0 Å². The van der Waals surface area contributed by atoms with Crippen LogP contribution in [0.2, 0.25) is 5.02 Å². The van der Waals surface area contributed by atoms with E-state index >= 15 is 0 Å². The van der Waals surface area contributed by atoms with Crippen molar-refractivity contribution in [2.24, 2.45) is 0 Å². The minimum atomic E-state index is 0.747. The first kappa shape index (κ1) is 7.87. The van der Waals surface area contributed by atoms with Crippen molar-refractivity contribution in [2.75, 3.05) is 0 Å². The number of rotatable bonds is 0. The average Bonchev–Trinajstić information content (AvgIpc) is 2.12. The molecule has 0 atom stereocenters. The summed E-state index contributed by atoms with van der Waals surface area (Å²) in [6.45, 7) is 0. The van der Waals surface area contributed by atoms with Gasteiger partial charge in [0.1, 0.15) is 0 Å². The van der Waals surface area contributed by atoms with Crippen molar-refractivity contribution in [3.8, 4) is 0 Å². The lowest BCUT2D eigenvalue weighted by molar-refractivity contribution is -0.614. The predicted octanol–water partition coefficient (Wildman–Crippen LogP) is 1.85. The molecule has 12 heavy (non-hydrogen) atoms. The van der Waals surface area contributed by atoms with E-state index in [1.165, 1.54) is 6.20 Å². The number of hydrogen-bond acceptors (Lipinski definition) is 1. The summed E-state index contributed by atoms with van der Waals surface area (Å²) in [4.78, 5) is 0. The monoisotopic (exact) mass is 183 g/mol. The van der Waals surface area contributed by atoms with Gasteiger partial charge in [0.05, 0.1) is 5.02 Å². The van der Waals surface area contributed by atoms with Crippen LogP contribution in [0.1, 0.15) is 24.1 Å². The number of fused-ring (bicyclic) bond motifs is 1. The van der Waals surface area contributed by atoms with Gasteiger partial charge in [-0.15, -0.1) is 0 Å². The van der Waals surface area contributed by atoms with Gasteiger partial charge >= 0.3 is 0 Å². The summed E-state index contributed by atoms with van der Waals surface area (Å²) in [5.41, 5.74) is 1.93. The van der Waals surface area contributed by atoms with Gasteiger partial charge in [0.15, 0.2) is 11.9 Å². The van der Waals surface area contributed by atoms with Gasteiger partial charge in [-0.1, -0.05) is 11.6 Å². The first-order valence-electron chi connectivity index (χ1n) is 4.18. The second-order valence-electron chi connectivity index (χ2n) is 3.12. The van der Waals surface area contributed by atoms with E-state index in [4.69, 9.17) is 11.6 Å². The molecule has 1 aromatic rings. The fourth-order valence-electron chi connectivity index (χ4n) is 1.71. The molecular weight excluding hydrogens is 174 g/mol. The van der Waals surface area contributed by atoms with E-state index in [0.29, 0.717) is 0 Å². The summed E-state index contributed by atoms with van der Waals surface area (Å²) >= 11 is 5.96. The third kappa shape index (κ3) is 1.16. The lowest BCUT2D eigenvalue weighted by Gasteiger charge is -2.15. The van der Waals surface area contributed by atoms with Crippen molar-refractivity contribution < 1.29 is 4.73 Å². The van der Waals surface area contributed by atoms with Crippen LogP contribution < -0.4 is 4.73 Å². The quantitative estimate of drug-likeness (QED) is 0.446. The Kier molecular flexibility index (Phi) is 1.93. The second-order valence-corrected chi connectivity index (χ2v) is 3.53. The summed E-state index contributed by atoms with van der Waals surface area (Å²) in [7, 11) is 0. The Bertz CT molecular complexity index is 281. The van der Waals surface area contributed by atoms with Crippen LogP contribution in [0.5, 0.6) is 0 Å². The van der Waals surface area contributed by atoms with Crippen LogP contribution in [0.25, 0.3) is 0 Å². The van der Waals surface area contributed by atoms with E-state index in [1.54, 1.807) is 6.07 Å². The Labute approximate surface area is 76.4 Å². The highest BCUT2D eigenvalue weighted by atomic mass is 35.5.